The van der Waals surface area contributed by atoms with E-state index in [9.17, 15) is 4.79 Å². The highest BCUT2D eigenvalue weighted by atomic mass is 16.2. The Balaban J connectivity index is 2.34. The molecule has 1 saturated heterocycles. The first-order valence-corrected chi connectivity index (χ1v) is 6.74. The van der Waals surface area contributed by atoms with E-state index in [1.54, 1.807) is 0 Å². The van der Waals surface area contributed by atoms with E-state index in [1.807, 2.05) is 20.8 Å². The Morgan fingerprint density at radius 3 is 2.59 bits per heavy atom. The normalized spacial score (nSPS) is 24.4. The average molecular weight is 241 g/mol. The zero-order chi connectivity index (χ0) is 12.8. The standard InChI is InChI=1S/C13H27N3O/c1-10(2)14-13(17)11(3)15-12-6-5-8-16(4)9-7-12/h10-12,15H,5-9H2,1-4H3,(H,14,17). The third-order valence-electron chi connectivity index (χ3n) is 3.26. The summed E-state index contributed by atoms with van der Waals surface area (Å²) in [6.45, 7) is 8.23. The van der Waals surface area contributed by atoms with Crippen molar-refractivity contribution in [2.75, 3.05) is 20.1 Å². The molecule has 0 bridgehead atoms. The second kappa shape index (κ2) is 6.97. The van der Waals surface area contributed by atoms with E-state index in [1.165, 1.54) is 19.4 Å². The first kappa shape index (κ1) is 14.5. The van der Waals surface area contributed by atoms with Gasteiger partial charge in [-0.05, 0) is 60.2 Å². The number of nitrogens with zero attached hydrogens (tertiary/aromatic N) is 1. The van der Waals surface area contributed by atoms with Crippen LogP contribution in [0.3, 0.4) is 0 Å². The molecule has 0 aromatic rings. The molecule has 4 heteroatoms. The topological polar surface area (TPSA) is 44.4 Å². The van der Waals surface area contributed by atoms with Crippen molar-refractivity contribution in [3.63, 3.8) is 0 Å². The maximum atomic E-state index is 11.8. The lowest BCUT2D eigenvalue weighted by Gasteiger charge is -2.22. The first-order valence-electron chi connectivity index (χ1n) is 6.74. The van der Waals surface area contributed by atoms with Gasteiger partial charge in [0.1, 0.15) is 0 Å². The van der Waals surface area contributed by atoms with Crippen molar-refractivity contribution in [2.45, 2.75) is 58.2 Å². The summed E-state index contributed by atoms with van der Waals surface area (Å²) in [4.78, 5) is 14.2. The summed E-state index contributed by atoms with van der Waals surface area (Å²) < 4.78 is 0. The minimum Gasteiger partial charge on any atom is -0.353 e. The third kappa shape index (κ3) is 5.50. The molecule has 0 radical (unpaired) electrons. The van der Waals surface area contributed by atoms with Crippen LogP contribution in [0.25, 0.3) is 0 Å². The molecule has 4 nitrogen and oxygen atoms in total. The molecule has 1 fully saturated rings. The number of likely N-dealkylation sites (tertiary alicyclic amines) is 1. The second-order valence-corrected chi connectivity index (χ2v) is 5.48. The predicted octanol–water partition coefficient (Wildman–Crippen LogP) is 0.973. The summed E-state index contributed by atoms with van der Waals surface area (Å²) in [5.41, 5.74) is 0. The van der Waals surface area contributed by atoms with Crippen LogP contribution in [0.1, 0.15) is 40.0 Å². The van der Waals surface area contributed by atoms with E-state index in [-0.39, 0.29) is 18.0 Å². The molecular weight excluding hydrogens is 214 g/mol. The summed E-state index contributed by atoms with van der Waals surface area (Å²) in [5, 5.41) is 6.39. The molecule has 0 aromatic carbocycles. The van der Waals surface area contributed by atoms with Crippen LogP contribution in [-0.4, -0.2) is 49.1 Å². The van der Waals surface area contributed by atoms with Crippen molar-refractivity contribution in [3.8, 4) is 0 Å². The summed E-state index contributed by atoms with van der Waals surface area (Å²) in [6.07, 6.45) is 3.52. The van der Waals surface area contributed by atoms with Crippen LogP contribution in [0.5, 0.6) is 0 Å². The lowest BCUT2D eigenvalue weighted by atomic mass is 10.1. The lowest BCUT2D eigenvalue weighted by Crippen LogP contribution is -2.48. The smallest absolute Gasteiger partial charge is 0.237 e. The molecule has 1 aliphatic rings. The fourth-order valence-electron chi connectivity index (χ4n) is 2.25. The van der Waals surface area contributed by atoms with E-state index in [4.69, 9.17) is 0 Å². The molecule has 2 atom stereocenters. The highest BCUT2D eigenvalue weighted by Gasteiger charge is 2.20. The van der Waals surface area contributed by atoms with Crippen LogP contribution in [0.4, 0.5) is 0 Å². The van der Waals surface area contributed by atoms with Crippen molar-refractivity contribution in [1.29, 1.82) is 0 Å². The zero-order valence-electron chi connectivity index (χ0n) is 11.6. The van der Waals surface area contributed by atoms with Crippen LogP contribution in [0.15, 0.2) is 0 Å². The van der Waals surface area contributed by atoms with Crippen LogP contribution >= 0.6 is 0 Å². The molecule has 0 aromatic heterocycles. The van der Waals surface area contributed by atoms with Gasteiger partial charge in [-0.15, -0.1) is 0 Å². The van der Waals surface area contributed by atoms with Gasteiger partial charge in [0.2, 0.25) is 5.91 Å². The van der Waals surface area contributed by atoms with Gasteiger partial charge >= 0.3 is 0 Å². The highest BCUT2D eigenvalue weighted by molar-refractivity contribution is 5.81. The molecule has 100 valence electrons. The molecule has 1 heterocycles. The number of nitrogens with one attached hydrogen (secondary N) is 2. The van der Waals surface area contributed by atoms with Crippen molar-refractivity contribution in [3.05, 3.63) is 0 Å². The third-order valence-corrected chi connectivity index (χ3v) is 3.26. The average Bonchev–Trinajstić information content (AvgIpc) is 2.42. The van der Waals surface area contributed by atoms with Crippen molar-refractivity contribution in [1.82, 2.24) is 15.5 Å². The van der Waals surface area contributed by atoms with E-state index >= 15 is 0 Å². The Kier molecular flexibility index (Phi) is 5.92. The summed E-state index contributed by atoms with van der Waals surface area (Å²) >= 11 is 0. The lowest BCUT2D eigenvalue weighted by molar-refractivity contribution is -0.123. The van der Waals surface area contributed by atoms with Gasteiger partial charge in [-0.3, -0.25) is 4.79 Å². The van der Waals surface area contributed by atoms with E-state index < -0.39 is 0 Å². The van der Waals surface area contributed by atoms with E-state index in [0.29, 0.717) is 6.04 Å². The zero-order valence-corrected chi connectivity index (χ0v) is 11.6. The maximum Gasteiger partial charge on any atom is 0.237 e. The number of rotatable bonds is 4. The minimum atomic E-state index is -0.0918. The van der Waals surface area contributed by atoms with Gasteiger partial charge < -0.3 is 15.5 Å². The minimum absolute atomic E-state index is 0.0918. The fourth-order valence-corrected chi connectivity index (χ4v) is 2.25. The van der Waals surface area contributed by atoms with Crippen molar-refractivity contribution < 1.29 is 4.79 Å². The molecule has 1 amide bonds. The highest BCUT2D eigenvalue weighted by Crippen LogP contribution is 2.10. The number of hydrogen-bond acceptors (Lipinski definition) is 3. The Morgan fingerprint density at radius 1 is 1.24 bits per heavy atom. The molecule has 2 unspecified atom stereocenters. The quantitative estimate of drug-likeness (QED) is 0.771. The molecule has 1 rings (SSSR count). The number of carbonyl (C=O) groups excluding carboxylic acids is 1. The molecule has 0 spiro atoms. The largest absolute Gasteiger partial charge is 0.353 e. The SMILES string of the molecule is CC(C)NC(=O)C(C)NC1CCCN(C)CC1. The fraction of sp³-hybridized carbons (Fsp3) is 0.923. The van der Waals surface area contributed by atoms with Gasteiger partial charge in [0.25, 0.3) is 0 Å². The van der Waals surface area contributed by atoms with Gasteiger partial charge in [0.15, 0.2) is 0 Å². The van der Waals surface area contributed by atoms with Gasteiger partial charge in [0, 0.05) is 12.1 Å². The maximum absolute atomic E-state index is 11.8. The van der Waals surface area contributed by atoms with Gasteiger partial charge in [-0.1, -0.05) is 0 Å². The number of hydrogen-bond donors (Lipinski definition) is 2. The Labute approximate surface area is 105 Å². The first-order chi connectivity index (χ1) is 7.99. The Bertz CT molecular complexity index is 243. The molecular formula is C13H27N3O. The molecule has 17 heavy (non-hydrogen) atoms. The predicted molar refractivity (Wildman–Crippen MR) is 71.0 cm³/mol. The summed E-state index contributed by atoms with van der Waals surface area (Å²) in [7, 11) is 2.16. The summed E-state index contributed by atoms with van der Waals surface area (Å²) in [5.74, 6) is 0.109. The monoisotopic (exact) mass is 241 g/mol. The Morgan fingerprint density at radius 2 is 1.94 bits per heavy atom. The summed E-state index contributed by atoms with van der Waals surface area (Å²) in [6, 6.07) is 0.602. The number of carbonyl (C=O) groups is 1. The molecule has 0 saturated carbocycles. The van der Waals surface area contributed by atoms with Crippen LogP contribution in [0, 0.1) is 0 Å². The van der Waals surface area contributed by atoms with Crippen LogP contribution < -0.4 is 10.6 Å². The Hall–Kier alpha value is -0.610. The number of amides is 1. The van der Waals surface area contributed by atoms with Gasteiger partial charge in [-0.2, -0.15) is 0 Å². The molecule has 1 aliphatic heterocycles. The van der Waals surface area contributed by atoms with E-state index in [2.05, 4.69) is 22.6 Å². The second-order valence-electron chi connectivity index (χ2n) is 5.48. The molecule has 2 N–H and O–H groups in total. The van der Waals surface area contributed by atoms with Gasteiger partial charge in [-0.25, -0.2) is 0 Å². The van der Waals surface area contributed by atoms with Crippen molar-refractivity contribution in [2.24, 2.45) is 0 Å². The van der Waals surface area contributed by atoms with Crippen LogP contribution in [0.2, 0.25) is 0 Å². The van der Waals surface area contributed by atoms with E-state index in [0.717, 1.165) is 13.0 Å². The van der Waals surface area contributed by atoms with Gasteiger partial charge in [0.05, 0.1) is 6.04 Å². The van der Waals surface area contributed by atoms with Crippen molar-refractivity contribution >= 4 is 5.91 Å². The molecule has 0 aliphatic carbocycles. The van der Waals surface area contributed by atoms with Crippen LogP contribution in [-0.2, 0) is 4.79 Å².